The Bertz CT molecular complexity index is 5230. The SMILES string of the molecule is N#Cc1cc(C#N)cc(-c2cc(-n3c4cc(-c5ccc(C(F)(F)F)cc5C(F)(F)F)ccc4c4ccc(-c5ccc(C(F)(F)F)cc5C(F)(F)F)cc43)c(C#N)cc2-n2c3cc(-c4ccc(C(F)(F)F)cc4C(F)(F)F)ccc3c3ccc(-c4ccc(C(F)(F)F)cc4C(F)(F)F)cc32)c1. The van der Waals surface area contributed by atoms with E-state index in [0.29, 0.717) is 48.5 Å². The number of hydrogen-bond donors (Lipinski definition) is 0. The van der Waals surface area contributed by atoms with Crippen LogP contribution < -0.4 is 0 Å². The minimum atomic E-state index is -5.54. The third kappa shape index (κ3) is 12.4. The van der Waals surface area contributed by atoms with Crippen LogP contribution >= 0.6 is 0 Å². The molecule has 0 aliphatic rings. The van der Waals surface area contributed by atoms with Crippen LogP contribution in [0.3, 0.4) is 0 Å². The Morgan fingerprint density at radius 1 is 0.230 bits per heavy atom. The average Bonchev–Trinajstić information content (AvgIpc) is 1.55. The Morgan fingerprint density at radius 3 is 0.740 bits per heavy atom. The highest BCUT2D eigenvalue weighted by atomic mass is 19.4. The maximum Gasteiger partial charge on any atom is 0.417 e. The van der Waals surface area contributed by atoms with Crippen molar-refractivity contribution < 1.29 is 105 Å². The van der Waals surface area contributed by atoms with Gasteiger partial charge in [0.1, 0.15) is 6.07 Å². The van der Waals surface area contributed by atoms with Gasteiger partial charge in [0.2, 0.25) is 0 Å². The fourth-order valence-electron chi connectivity index (χ4n) is 12.2. The molecule has 12 rings (SSSR count). The Morgan fingerprint density at radius 2 is 0.500 bits per heavy atom. The monoisotopic (exact) mass is 1410 g/mol. The molecule has 5 nitrogen and oxygen atoms in total. The molecular formula is C71H29F24N5. The molecule has 0 aliphatic carbocycles. The van der Waals surface area contributed by atoms with Gasteiger partial charge in [0.15, 0.2) is 0 Å². The van der Waals surface area contributed by atoms with Gasteiger partial charge in [0, 0.05) is 27.1 Å². The largest absolute Gasteiger partial charge is 0.417 e. The number of aromatic nitrogens is 2. The molecule has 0 radical (unpaired) electrons. The van der Waals surface area contributed by atoms with Crippen LogP contribution in [0.2, 0.25) is 0 Å². The molecule has 0 spiro atoms. The summed E-state index contributed by atoms with van der Waals surface area (Å²) in [7, 11) is 0. The minimum absolute atomic E-state index is 0.0586. The fraction of sp³-hybridized carbons (Fsp3) is 0.113. The van der Waals surface area contributed by atoms with Crippen molar-refractivity contribution >= 4 is 43.6 Å². The molecule has 2 aromatic heterocycles. The molecular weight excluding hydrogens is 1380 g/mol. The first kappa shape index (κ1) is 68.5. The van der Waals surface area contributed by atoms with Crippen molar-refractivity contribution in [2.45, 2.75) is 49.4 Å². The Balaban J connectivity index is 1.25. The summed E-state index contributed by atoms with van der Waals surface area (Å²) < 4.78 is 351. The van der Waals surface area contributed by atoms with Gasteiger partial charge in [-0.05, 0) is 153 Å². The fourth-order valence-corrected chi connectivity index (χ4v) is 12.2. The summed E-state index contributed by atoms with van der Waals surface area (Å²) in [6.07, 6.45) is -43.5. The third-order valence-corrected chi connectivity index (χ3v) is 16.6. The van der Waals surface area contributed by atoms with Crippen molar-refractivity contribution in [1.29, 1.82) is 15.8 Å². The Hall–Kier alpha value is -11.4. The Labute approximate surface area is 544 Å². The van der Waals surface area contributed by atoms with Gasteiger partial charge in [-0.15, -0.1) is 0 Å². The van der Waals surface area contributed by atoms with Crippen LogP contribution in [0.4, 0.5) is 105 Å². The smallest absolute Gasteiger partial charge is 0.309 e. The Kier molecular flexibility index (Phi) is 16.0. The van der Waals surface area contributed by atoms with Crippen LogP contribution in [0, 0.1) is 34.0 Å². The second-order valence-electron chi connectivity index (χ2n) is 22.6. The quantitative estimate of drug-likeness (QED) is 0.149. The highest BCUT2D eigenvalue weighted by Crippen LogP contribution is 2.51. The van der Waals surface area contributed by atoms with E-state index in [4.69, 9.17) is 0 Å². The molecule has 0 saturated heterocycles. The second kappa shape index (κ2) is 23.4. The molecule has 10 aromatic carbocycles. The zero-order valence-corrected chi connectivity index (χ0v) is 49.1. The van der Waals surface area contributed by atoms with Gasteiger partial charge >= 0.3 is 49.4 Å². The maximum absolute atomic E-state index is 15.0. The van der Waals surface area contributed by atoms with E-state index in [1.54, 1.807) is 0 Å². The summed E-state index contributed by atoms with van der Waals surface area (Å²) in [5.41, 5.74) is -24.2. The molecule has 100 heavy (non-hydrogen) atoms. The van der Waals surface area contributed by atoms with E-state index >= 15 is 26.3 Å². The van der Waals surface area contributed by atoms with E-state index in [1.165, 1.54) is 0 Å². The number of nitriles is 3. The van der Waals surface area contributed by atoms with Crippen molar-refractivity contribution in [3.8, 4) is 85.2 Å². The van der Waals surface area contributed by atoms with E-state index < -0.39 is 155 Å². The molecule has 0 unspecified atom stereocenters. The van der Waals surface area contributed by atoms with Gasteiger partial charge < -0.3 is 9.13 Å². The van der Waals surface area contributed by atoms with Gasteiger partial charge in [-0.3, -0.25) is 0 Å². The number of benzene rings is 10. The van der Waals surface area contributed by atoms with E-state index in [2.05, 4.69) is 0 Å². The summed E-state index contributed by atoms with van der Waals surface area (Å²) in [5, 5.41) is 32.1. The summed E-state index contributed by atoms with van der Waals surface area (Å²) >= 11 is 0. The summed E-state index contributed by atoms with van der Waals surface area (Å²) in [5.74, 6) is 0. The molecule has 0 atom stereocenters. The van der Waals surface area contributed by atoms with Crippen molar-refractivity contribution in [2.24, 2.45) is 0 Å². The first-order chi connectivity index (χ1) is 46.5. The molecule has 0 fully saturated rings. The predicted molar refractivity (Wildman–Crippen MR) is 316 cm³/mol. The second-order valence-corrected chi connectivity index (χ2v) is 22.6. The molecule has 2 heterocycles. The topological polar surface area (TPSA) is 81.2 Å². The number of hydrogen-bond acceptors (Lipinski definition) is 3. The lowest BCUT2D eigenvalue weighted by Gasteiger charge is -2.20. The number of fused-ring (bicyclic) bond motifs is 6. The lowest BCUT2D eigenvalue weighted by Crippen LogP contribution is -2.12. The molecule has 12 aromatic rings. The maximum atomic E-state index is 15.0. The van der Waals surface area contributed by atoms with Crippen LogP contribution in [-0.4, -0.2) is 9.13 Å². The normalized spacial score (nSPS) is 13.0. The van der Waals surface area contributed by atoms with Gasteiger partial charge in [-0.25, -0.2) is 0 Å². The molecule has 0 amide bonds. The summed E-state index contributed by atoms with van der Waals surface area (Å²) in [6, 6.07) is 25.8. The standard InChI is InChI=1S/C71H29F24N5/c72-64(73,74)41-5-13-45(54(25-41)68(84,85)86)35-1-9-49-50-10-2-36(46-14-6-42(65(75,76)77)26-55(46)69(87,88)89)21-60(50)99(59(49)20-35)58-29-53(39-18-33(30-96)17-34(19-39)31-97)63(24-40(58)32-98)100-61-22-37(47-15-7-43(66(78,79)80)27-56(47)70(90,91)92)3-11-51(61)52-12-4-38(23-62(52)100)48-16-8-44(67(81,82)83)28-57(48)71(93,94)95/h1-29H. The van der Waals surface area contributed by atoms with Crippen LogP contribution in [0.1, 0.15) is 61.2 Å². The number of halogens is 24. The molecule has 0 aliphatic heterocycles. The first-order valence-electron chi connectivity index (χ1n) is 28.3. The highest BCUT2D eigenvalue weighted by Gasteiger charge is 2.43. The molecule has 0 bridgehead atoms. The van der Waals surface area contributed by atoms with Crippen LogP contribution in [0.15, 0.2) is 176 Å². The van der Waals surface area contributed by atoms with Crippen LogP contribution in [0.5, 0.6) is 0 Å². The molecule has 0 N–H and O–H groups in total. The molecule has 0 saturated carbocycles. The predicted octanol–water partition coefficient (Wildman–Crippen LogP) is 24.0. The lowest BCUT2D eigenvalue weighted by molar-refractivity contribution is -0.144. The summed E-state index contributed by atoms with van der Waals surface area (Å²) in [6.45, 7) is 0. The number of rotatable bonds is 7. The molecule has 506 valence electrons. The first-order valence-corrected chi connectivity index (χ1v) is 28.3. The van der Waals surface area contributed by atoms with Crippen LogP contribution in [-0.2, 0) is 49.4 Å². The zero-order chi connectivity index (χ0) is 72.7. The van der Waals surface area contributed by atoms with Crippen molar-refractivity contribution in [1.82, 2.24) is 9.13 Å². The van der Waals surface area contributed by atoms with E-state index in [9.17, 15) is 94.8 Å². The van der Waals surface area contributed by atoms with E-state index in [-0.39, 0.29) is 90.1 Å². The van der Waals surface area contributed by atoms with Crippen molar-refractivity contribution in [3.05, 3.63) is 237 Å². The zero-order valence-electron chi connectivity index (χ0n) is 49.1. The van der Waals surface area contributed by atoms with Crippen molar-refractivity contribution in [3.63, 3.8) is 0 Å². The highest BCUT2D eigenvalue weighted by molar-refractivity contribution is 6.13. The number of alkyl halides is 24. The van der Waals surface area contributed by atoms with E-state index in [1.807, 2.05) is 18.2 Å². The van der Waals surface area contributed by atoms with Crippen molar-refractivity contribution in [2.75, 3.05) is 0 Å². The van der Waals surface area contributed by atoms with Gasteiger partial charge in [-0.1, -0.05) is 72.8 Å². The molecule has 29 heteroatoms. The minimum Gasteiger partial charge on any atom is -0.309 e. The van der Waals surface area contributed by atoms with Gasteiger partial charge in [-0.2, -0.15) is 121 Å². The summed E-state index contributed by atoms with van der Waals surface area (Å²) in [4.78, 5) is 0. The average molecular weight is 1410 g/mol. The number of nitrogens with zero attached hydrogens (tertiary/aromatic N) is 5. The lowest BCUT2D eigenvalue weighted by atomic mass is 9.95. The van der Waals surface area contributed by atoms with Gasteiger partial charge in [0.25, 0.3) is 0 Å². The van der Waals surface area contributed by atoms with E-state index in [0.717, 1.165) is 112 Å². The van der Waals surface area contributed by atoms with Crippen LogP contribution in [0.25, 0.3) is 111 Å². The third-order valence-electron chi connectivity index (χ3n) is 16.6. The van der Waals surface area contributed by atoms with Gasteiger partial charge in [0.05, 0.1) is 107 Å².